The standard InChI is InChI=1S/C24H21BrN2O6S/c1-3-8-27-22(29)17(21(28)26-24(27)34)10-16-11-19(32-4-2)20(12-18(16)25)33-13-14-6-5-7-15(9-14)23(30)31/h3,5-7,9-12H,1,4,8,13H2,2H3,(H,30,31)(H,26,28,34)/b17-10+. The molecule has 2 aromatic carbocycles. The Balaban J connectivity index is 1.91. The summed E-state index contributed by atoms with van der Waals surface area (Å²) in [5, 5.41) is 11.7. The number of amides is 2. The van der Waals surface area contributed by atoms with Gasteiger partial charge in [-0.2, -0.15) is 0 Å². The molecule has 0 aliphatic carbocycles. The van der Waals surface area contributed by atoms with E-state index in [0.29, 0.717) is 33.7 Å². The van der Waals surface area contributed by atoms with E-state index in [-0.39, 0.29) is 29.4 Å². The zero-order valence-electron chi connectivity index (χ0n) is 18.2. The van der Waals surface area contributed by atoms with Crippen molar-refractivity contribution < 1.29 is 29.0 Å². The van der Waals surface area contributed by atoms with Crippen LogP contribution in [0.5, 0.6) is 11.5 Å². The van der Waals surface area contributed by atoms with Crippen LogP contribution < -0.4 is 14.8 Å². The third-order valence-corrected chi connectivity index (χ3v) is 5.74. The highest BCUT2D eigenvalue weighted by Crippen LogP contribution is 2.36. The quantitative estimate of drug-likeness (QED) is 0.213. The molecule has 2 N–H and O–H groups in total. The summed E-state index contributed by atoms with van der Waals surface area (Å²) in [6, 6.07) is 9.74. The second-order valence-electron chi connectivity index (χ2n) is 7.07. The van der Waals surface area contributed by atoms with Crippen molar-refractivity contribution in [1.82, 2.24) is 10.2 Å². The number of carboxylic acid groups (broad SMARTS) is 1. The molecule has 0 saturated carbocycles. The van der Waals surface area contributed by atoms with Crippen LogP contribution in [-0.2, 0) is 16.2 Å². The maximum absolute atomic E-state index is 12.8. The van der Waals surface area contributed by atoms with E-state index in [1.165, 1.54) is 29.2 Å². The molecule has 0 radical (unpaired) electrons. The number of nitrogens with one attached hydrogen (secondary N) is 1. The highest BCUT2D eigenvalue weighted by Gasteiger charge is 2.32. The van der Waals surface area contributed by atoms with Crippen LogP contribution in [0.4, 0.5) is 0 Å². The van der Waals surface area contributed by atoms with Crippen LogP contribution in [0, 0.1) is 0 Å². The van der Waals surface area contributed by atoms with Crippen molar-refractivity contribution in [2.75, 3.05) is 13.2 Å². The number of carboxylic acids is 1. The molecule has 0 aromatic heterocycles. The van der Waals surface area contributed by atoms with Crippen LogP contribution in [0.1, 0.15) is 28.4 Å². The second-order valence-corrected chi connectivity index (χ2v) is 8.31. The molecule has 0 bridgehead atoms. The molecule has 1 fully saturated rings. The van der Waals surface area contributed by atoms with Crippen molar-refractivity contribution in [3.8, 4) is 11.5 Å². The van der Waals surface area contributed by atoms with Gasteiger partial charge in [0.2, 0.25) is 0 Å². The first-order valence-corrected chi connectivity index (χ1v) is 11.4. The number of aromatic carboxylic acids is 1. The van der Waals surface area contributed by atoms with Crippen LogP contribution in [0.15, 0.2) is 59.1 Å². The molecule has 1 saturated heterocycles. The molecule has 34 heavy (non-hydrogen) atoms. The van der Waals surface area contributed by atoms with Gasteiger partial charge in [-0.05, 0) is 60.6 Å². The lowest BCUT2D eigenvalue weighted by atomic mass is 10.1. The zero-order valence-corrected chi connectivity index (χ0v) is 20.6. The Labute approximate surface area is 210 Å². The van der Waals surface area contributed by atoms with Gasteiger partial charge in [-0.1, -0.05) is 34.1 Å². The largest absolute Gasteiger partial charge is 0.490 e. The van der Waals surface area contributed by atoms with Crippen molar-refractivity contribution in [1.29, 1.82) is 0 Å². The summed E-state index contributed by atoms with van der Waals surface area (Å²) < 4.78 is 12.2. The van der Waals surface area contributed by atoms with E-state index in [9.17, 15) is 14.4 Å². The van der Waals surface area contributed by atoms with Gasteiger partial charge in [-0.3, -0.25) is 19.8 Å². The number of benzene rings is 2. The van der Waals surface area contributed by atoms with Gasteiger partial charge >= 0.3 is 5.97 Å². The Kier molecular flexibility index (Phi) is 8.19. The summed E-state index contributed by atoms with van der Waals surface area (Å²) in [5.41, 5.74) is 1.27. The van der Waals surface area contributed by atoms with Crippen LogP contribution in [-0.4, -0.2) is 46.1 Å². The molecular weight excluding hydrogens is 524 g/mol. The van der Waals surface area contributed by atoms with Crippen molar-refractivity contribution in [2.45, 2.75) is 13.5 Å². The number of hydrogen-bond donors (Lipinski definition) is 2. The van der Waals surface area contributed by atoms with Crippen molar-refractivity contribution >= 4 is 57.1 Å². The maximum Gasteiger partial charge on any atom is 0.335 e. The number of hydrogen-bond acceptors (Lipinski definition) is 6. The van der Waals surface area contributed by atoms with E-state index in [4.69, 9.17) is 26.8 Å². The first-order valence-electron chi connectivity index (χ1n) is 10.2. The molecule has 0 unspecified atom stereocenters. The van der Waals surface area contributed by atoms with Gasteiger partial charge in [0.1, 0.15) is 12.2 Å². The monoisotopic (exact) mass is 544 g/mol. The number of carbonyl (C=O) groups excluding carboxylic acids is 2. The summed E-state index contributed by atoms with van der Waals surface area (Å²) >= 11 is 8.53. The van der Waals surface area contributed by atoms with Gasteiger partial charge in [-0.25, -0.2) is 4.79 Å². The maximum atomic E-state index is 12.8. The van der Waals surface area contributed by atoms with E-state index in [1.54, 1.807) is 24.3 Å². The number of carbonyl (C=O) groups is 3. The normalized spacial score (nSPS) is 14.7. The Morgan fingerprint density at radius 2 is 1.97 bits per heavy atom. The fourth-order valence-electron chi connectivity index (χ4n) is 3.14. The van der Waals surface area contributed by atoms with Crippen LogP contribution >= 0.6 is 28.1 Å². The predicted molar refractivity (Wildman–Crippen MR) is 134 cm³/mol. The smallest absolute Gasteiger partial charge is 0.335 e. The molecule has 1 aliphatic rings. The molecule has 2 amide bonds. The summed E-state index contributed by atoms with van der Waals surface area (Å²) in [4.78, 5) is 37.7. The minimum atomic E-state index is -1.02. The van der Waals surface area contributed by atoms with Crippen LogP contribution in [0.25, 0.3) is 6.08 Å². The van der Waals surface area contributed by atoms with Gasteiger partial charge in [0, 0.05) is 11.0 Å². The average Bonchev–Trinajstić information content (AvgIpc) is 2.80. The van der Waals surface area contributed by atoms with Crippen LogP contribution in [0.3, 0.4) is 0 Å². The number of thiocarbonyl (C=S) groups is 1. The predicted octanol–water partition coefficient (Wildman–Crippen LogP) is 3.94. The summed E-state index contributed by atoms with van der Waals surface area (Å²) in [6.07, 6.45) is 2.96. The lowest BCUT2D eigenvalue weighted by molar-refractivity contribution is -0.128. The number of nitrogens with zero attached hydrogens (tertiary/aromatic N) is 1. The summed E-state index contributed by atoms with van der Waals surface area (Å²) in [6.45, 7) is 6.05. The van der Waals surface area contributed by atoms with Crippen LogP contribution in [0.2, 0.25) is 0 Å². The first-order chi connectivity index (χ1) is 16.2. The molecule has 1 heterocycles. The molecule has 8 nitrogen and oxygen atoms in total. The van der Waals surface area contributed by atoms with Crippen molar-refractivity contribution in [3.05, 3.63) is 75.8 Å². The van der Waals surface area contributed by atoms with Gasteiger partial charge in [0.05, 0.1) is 12.2 Å². The molecule has 2 aromatic rings. The summed E-state index contributed by atoms with van der Waals surface area (Å²) in [5.74, 6) is -1.35. The molecule has 176 valence electrons. The zero-order chi connectivity index (χ0) is 24.8. The van der Waals surface area contributed by atoms with E-state index in [2.05, 4.69) is 27.8 Å². The SMILES string of the molecule is C=CCN1C(=O)/C(=C/c2cc(OCC)c(OCc3cccc(C(=O)O)c3)cc2Br)C(=O)NC1=S. The molecule has 0 atom stereocenters. The minimum Gasteiger partial charge on any atom is -0.490 e. The third-order valence-electron chi connectivity index (χ3n) is 4.73. The molecule has 10 heteroatoms. The van der Waals surface area contributed by atoms with E-state index in [1.807, 2.05) is 6.92 Å². The molecule has 0 spiro atoms. The topological polar surface area (TPSA) is 105 Å². The summed E-state index contributed by atoms with van der Waals surface area (Å²) in [7, 11) is 0. The Morgan fingerprint density at radius 1 is 1.24 bits per heavy atom. The Morgan fingerprint density at radius 3 is 2.65 bits per heavy atom. The Hall–Kier alpha value is -3.50. The first kappa shape index (κ1) is 25.1. The van der Waals surface area contributed by atoms with Gasteiger partial charge in [0.15, 0.2) is 16.6 Å². The number of halogens is 1. The lowest BCUT2D eigenvalue weighted by Crippen LogP contribution is -2.53. The van der Waals surface area contributed by atoms with Gasteiger partial charge < -0.3 is 14.6 Å². The molecule has 3 rings (SSSR count). The number of rotatable bonds is 9. The molecule has 1 aliphatic heterocycles. The van der Waals surface area contributed by atoms with E-state index in [0.717, 1.165) is 0 Å². The van der Waals surface area contributed by atoms with Gasteiger partial charge in [-0.15, -0.1) is 6.58 Å². The minimum absolute atomic E-state index is 0.0248. The highest BCUT2D eigenvalue weighted by atomic mass is 79.9. The fourth-order valence-corrected chi connectivity index (χ4v) is 3.83. The van der Waals surface area contributed by atoms with E-state index >= 15 is 0 Å². The van der Waals surface area contributed by atoms with Crippen molar-refractivity contribution in [2.24, 2.45) is 0 Å². The van der Waals surface area contributed by atoms with E-state index < -0.39 is 17.8 Å². The lowest BCUT2D eigenvalue weighted by Gasteiger charge is -2.27. The molecular formula is C24H21BrN2O6S. The fraction of sp³-hybridized carbons (Fsp3) is 0.167. The second kappa shape index (κ2) is 11.1. The van der Waals surface area contributed by atoms with Gasteiger partial charge in [0.25, 0.3) is 11.8 Å². The Bertz CT molecular complexity index is 1210. The third kappa shape index (κ3) is 5.70. The number of ether oxygens (including phenoxy) is 2. The average molecular weight is 545 g/mol. The van der Waals surface area contributed by atoms with Crippen molar-refractivity contribution in [3.63, 3.8) is 0 Å². The highest BCUT2D eigenvalue weighted by molar-refractivity contribution is 9.10.